The molecule has 5 heteroatoms. The zero-order valence-electron chi connectivity index (χ0n) is 15.7. The minimum absolute atomic E-state index is 0.127. The molecule has 1 amide bonds. The summed E-state index contributed by atoms with van der Waals surface area (Å²) in [6, 6.07) is 12.8. The van der Waals surface area contributed by atoms with Crippen LogP contribution in [-0.4, -0.2) is 26.2 Å². The number of benzene rings is 2. The molecule has 0 atom stereocenters. The maximum atomic E-state index is 12.3. The van der Waals surface area contributed by atoms with Gasteiger partial charge in [0.05, 0.1) is 20.3 Å². The molecule has 0 radical (unpaired) electrons. The van der Waals surface area contributed by atoms with Gasteiger partial charge >= 0.3 is 0 Å². The van der Waals surface area contributed by atoms with Crippen molar-refractivity contribution in [3.8, 4) is 17.2 Å². The van der Waals surface area contributed by atoms with Gasteiger partial charge in [-0.15, -0.1) is 0 Å². The Morgan fingerprint density at radius 1 is 0.923 bits per heavy atom. The minimum atomic E-state index is -0.127. The van der Waals surface area contributed by atoms with E-state index in [-0.39, 0.29) is 5.91 Å². The van der Waals surface area contributed by atoms with Gasteiger partial charge in [-0.1, -0.05) is 19.9 Å². The Kier molecular flexibility index (Phi) is 7.80. The molecule has 0 saturated heterocycles. The predicted molar refractivity (Wildman–Crippen MR) is 102 cm³/mol. The third-order valence-corrected chi connectivity index (χ3v) is 3.73. The van der Waals surface area contributed by atoms with Crippen molar-refractivity contribution in [3.05, 3.63) is 53.6 Å². The van der Waals surface area contributed by atoms with Crippen LogP contribution in [0, 0.1) is 0 Å². The maximum absolute atomic E-state index is 12.3. The number of rotatable bonds is 10. The summed E-state index contributed by atoms with van der Waals surface area (Å²) in [4.78, 5) is 12.3. The molecular weight excluding hydrogens is 330 g/mol. The van der Waals surface area contributed by atoms with Gasteiger partial charge in [0.1, 0.15) is 5.75 Å². The molecule has 0 aromatic heterocycles. The molecular formula is C21H27NO4. The number of carbonyl (C=O) groups excluding carboxylic acids is 1. The molecule has 1 N–H and O–H groups in total. The highest BCUT2D eigenvalue weighted by atomic mass is 16.5. The van der Waals surface area contributed by atoms with Gasteiger partial charge in [-0.3, -0.25) is 4.79 Å². The van der Waals surface area contributed by atoms with E-state index in [0.717, 1.165) is 24.2 Å². The number of amides is 1. The molecule has 0 unspecified atom stereocenters. The van der Waals surface area contributed by atoms with E-state index in [0.29, 0.717) is 36.8 Å². The lowest BCUT2D eigenvalue weighted by Gasteiger charge is -2.12. The summed E-state index contributed by atoms with van der Waals surface area (Å²) < 4.78 is 16.5. The molecule has 0 aliphatic heterocycles. The molecule has 2 aromatic rings. The highest BCUT2D eigenvalue weighted by molar-refractivity contribution is 5.94. The topological polar surface area (TPSA) is 56.8 Å². The molecule has 0 aliphatic carbocycles. The van der Waals surface area contributed by atoms with Gasteiger partial charge < -0.3 is 19.5 Å². The Labute approximate surface area is 155 Å². The predicted octanol–water partition coefficient (Wildman–Crippen LogP) is 4.20. The third kappa shape index (κ3) is 5.69. The van der Waals surface area contributed by atoms with Crippen LogP contribution in [0.3, 0.4) is 0 Å². The molecule has 0 saturated carbocycles. The van der Waals surface area contributed by atoms with E-state index in [9.17, 15) is 4.79 Å². The van der Waals surface area contributed by atoms with Crippen LogP contribution < -0.4 is 19.5 Å². The molecule has 2 aromatic carbocycles. The average molecular weight is 357 g/mol. The largest absolute Gasteiger partial charge is 0.494 e. The van der Waals surface area contributed by atoms with Crippen LogP contribution in [0.2, 0.25) is 0 Å². The van der Waals surface area contributed by atoms with Crippen LogP contribution in [0.4, 0.5) is 0 Å². The number of ether oxygens (including phenoxy) is 3. The summed E-state index contributed by atoms with van der Waals surface area (Å²) in [6.45, 7) is 5.84. The van der Waals surface area contributed by atoms with Crippen LogP contribution in [0.5, 0.6) is 17.2 Å². The van der Waals surface area contributed by atoms with Crippen LogP contribution in [-0.2, 0) is 6.54 Å². The van der Waals surface area contributed by atoms with E-state index in [1.165, 1.54) is 0 Å². The summed E-state index contributed by atoms with van der Waals surface area (Å²) in [5.41, 5.74) is 1.55. The Morgan fingerprint density at radius 3 is 2.27 bits per heavy atom. The van der Waals surface area contributed by atoms with Gasteiger partial charge in [0.25, 0.3) is 5.91 Å². The highest BCUT2D eigenvalue weighted by Crippen LogP contribution is 2.28. The summed E-state index contributed by atoms with van der Waals surface area (Å²) in [5.74, 6) is 2.03. The lowest BCUT2D eigenvalue weighted by molar-refractivity contribution is 0.0951. The second-order valence-electron chi connectivity index (χ2n) is 5.89. The van der Waals surface area contributed by atoms with E-state index in [2.05, 4.69) is 19.2 Å². The van der Waals surface area contributed by atoms with E-state index in [4.69, 9.17) is 14.2 Å². The normalized spacial score (nSPS) is 10.3. The first-order valence-electron chi connectivity index (χ1n) is 8.98. The second-order valence-corrected chi connectivity index (χ2v) is 5.89. The van der Waals surface area contributed by atoms with Crippen molar-refractivity contribution in [3.63, 3.8) is 0 Å². The lowest BCUT2D eigenvalue weighted by atomic mass is 10.1. The Balaban J connectivity index is 1.94. The molecule has 2 rings (SSSR count). The van der Waals surface area contributed by atoms with E-state index in [1.807, 2.05) is 30.3 Å². The maximum Gasteiger partial charge on any atom is 0.251 e. The van der Waals surface area contributed by atoms with Crippen molar-refractivity contribution in [2.24, 2.45) is 0 Å². The van der Waals surface area contributed by atoms with Crippen molar-refractivity contribution in [2.75, 3.05) is 20.3 Å². The van der Waals surface area contributed by atoms with Gasteiger partial charge in [0.15, 0.2) is 11.5 Å². The number of carbonyl (C=O) groups is 1. The number of methoxy groups -OCH3 is 1. The fourth-order valence-corrected chi connectivity index (χ4v) is 2.36. The lowest BCUT2D eigenvalue weighted by Crippen LogP contribution is -2.22. The highest BCUT2D eigenvalue weighted by Gasteiger charge is 2.08. The molecule has 0 heterocycles. The van der Waals surface area contributed by atoms with Crippen molar-refractivity contribution in [1.82, 2.24) is 5.32 Å². The molecule has 26 heavy (non-hydrogen) atoms. The van der Waals surface area contributed by atoms with Gasteiger partial charge in [0.2, 0.25) is 0 Å². The first-order chi connectivity index (χ1) is 12.7. The first kappa shape index (κ1) is 19.6. The van der Waals surface area contributed by atoms with Crippen molar-refractivity contribution in [1.29, 1.82) is 0 Å². The van der Waals surface area contributed by atoms with Gasteiger partial charge in [-0.05, 0) is 54.8 Å². The molecule has 0 aliphatic rings. The van der Waals surface area contributed by atoms with Crippen LogP contribution in [0.1, 0.15) is 42.6 Å². The van der Waals surface area contributed by atoms with E-state index >= 15 is 0 Å². The minimum Gasteiger partial charge on any atom is -0.494 e. The smallest absolute Gasteiger partial charge is 0.251 e. The van der Waals surface area contributed by atoms with Crippen molar-refractivity contribution in [2.45, 2.75) is 33.2 Å². The van der Waals surface area contributed by atoms with Crippen LogP contribution in [0.15, 0.2) is 42.5 Å². The van der Waals surface area contributed by atoms with Gasteiger partial charge in [0, 0.05) is 12.1 Å². The number of nitrogens with one attached hydrogen (secondary N) is 1. The molecule has 0 bridgehead atoms. The number of hydrogen-bond donors (Lipinski definition) is 1. The standard InChI is InChI=1S/C21H27NO4/c1-4-12-25-18-9-7-17(8-10-18)21(23)22-15-16-6-11-19(26-13-5-2)20(14-16)24-3/h6-11,14H,4-5,12-13,15H2,1-3H3,(H,22,23). The average Bonchev–Trinajstić information content (AvgIpc) is 2.69. The molecule has 0 spiro atoms. The third-order valence-electron chi connectivity index (χ3n) is 3.73. The fraction of sp³-hybridized carbons (Fsp3) is 0.381. The van der Waals surface area contributed by atoms with Crippen molar-refractivity contribution < 1.29 is 19.0 Å². The molecule has 5 nitrogen and oxygen atoms in total. The van der Waals surface area contributed by atoms with Crippen LogP contribution >= 0.6 is 0 Å². The van der Waals surface area contributed by atoms with Crippen LogP contribution in [0.25, 0.3) is 0 Å². The summed E-state index contributed by atoms with van der Waals surface area (Å²) in [7, 11) is 1.61. The van der Waals surface area contributed by atoms with E-state index in [1.54, 1.807) is 19.2 Å². The fourth-order valence-electron chi connectivity index (χ4n) is 2.36. The quantitative estimate of drug-likeness (QED) is 0.692. The Morgan fingerprint density at radius 2 is 1.62 bits per heavy atom. The first-order valence-corrected chi connectivity index (χ1v) is 8.98. The SMILES string of the molecule is CCCOc1ccc(C(=O)NCc2ccc(OCCC)c(OC)c2)cc1. The summed E-state index contributed by atoms with van der Waals surface area (Å²) >= 11 is 0. The van der Waals surface area contributed by atoms with Crippen molar-refractivity contribution >= 4 is 5.91 Å². The zero-order valence-corrected chi connectivity index (χ0v) is 15.7. The molecule has 140 valence electrons. The second kappa shape index (κ2) is 10.3. The zero-order chi connectivity index (χ0) is 18.8. The van der Waals surface area contributed by atoms with Gasteiger partial charge in [-0.2, -0.15) is 0 Å². The number of hydrogen-bond acceptors (Lipinski definition) is 4. The molecule has 0 fully saturated rings. The van der Waals surface area contributed by atoms with Gasteiger partial charge in [-0.25, -0.2) is 0 Å². The summed E-state index contributed by atoms with van der Waals surface area (Å²) in [5, 5.41) is 2.92. The van der Waals surface area contributed by atoms with E-state index < -0.39 is 0 Å². The monoisotopic (exact) mass is 357 g/mol. The Hall–Kier alpha value is -2.69. The summed E-state index contributed by atoms with van der Waals surface area (Å²) in [6.07, 6.45) is 1.89. The Bertz CT molecular complexity index is 698.